The summed E-state index contributed by atoms with van der Waals surface area (Å²) < 4.78 is 48.6. The second-order valence-corrected chi connectivity index (χ2v) is 8.96. The predicted octanol–water partition coefficient (Wildman–Crippen LogP) is 5.33. The normalized spacial score (nSPS) is 14.6. The van der Waals surface area contributed by atoms with E-state index in [0.29, 0.717) is 11.5 Å². The van der Waals surface area contributed by atoms with E-state index < -0.39 is 15.9 Å². The summed E-state index contributed by atoms with van der Waals surface area (Å²) in [5.74, 6) is -0.108. The maximum absolute atomic E-state index is 13.0. The minimum Gasteiger partial charge on any atom is -0.452 e. The van der Waals surface area contributed by atoms with E-state index in [1.807, 2.05) is 24.3 Å². The molecule has 3 aromatic carbocycles. The number of carbonyl (C=O) groups is 1. The van der Waals surface area contributed by atoms with E-state index >= 15 is 0 Å². The number of benzene rings is 3. The molecule has 0 aliphatic carbocycles. The second-order valence-electron chi connectivity index (χ2n) is 7.41. The van der Waals surface area contributed by atoms with Gasteiger partial charge in [-0.25, -0.2) is 4.39 Å². The first-order valence-corrected chi connectivity index (χ1v) is 11.0. The van der Waals surface area contributed by atoms with E-state index in [4.69, 9.17) is 8.92 Å². The average molecular weight is 438 g/mol. The van der Waals surface area contributed by atoms with Gasteiger partial charge in [-0.05, 0) is 59.5 Å². The molecule has 0 amide bonds. The van der Waals surface area contributed by atoms with Crippen LogP contribution in [0.15, 0.2) is 77.4 Å². The average Bonchev–Trinajstić information content (AvgIpc) is 3.03. The van der Waals surface area contributed by atoms with E-state index in [1.165, 1.54) is 23.8 Å². The van der Waals surface area contributed by atoms with Gasteiger partial charge in [0, 0.05) is 6.07 Å². The fourth-order valence-corrected chi connectivity index (χ4v) is 4.05. The Morgan fingerprint density at radius 3 is 2.29 bits per heavy atom. The number of hydrogen-bond donors (Lipinski definition) is 0. The monoisotopic (exact) mass is 438 g/mol. The van der Waals surface area contributed by atoms with Crippen LogP contribution in [0.25, 0.3) is 6.08 Å². The zero-order chi connectivity index (χ0) is 22.2. The van der Waals surface area contributed by atoms with Gasteiger partial charge in [-0.2, -0.15) is 8.42 Å². The minimum absolute atomic E-state index is 0.0154. The van der Waals surface area contributed by atoms with Crippen LogP contribution in [0.2, 0.25) is 0 Å². The topological polar surface area (TPSA) is 69.7 Å². The molecule has 1 heterocycles. The fraction of sp³-hybridized carbons (Fsp3) is 0.125. The van der Waals surface area contributed by atoms with Crippen LogP contribution in [0, 0.1) is 5.82 Å². The van der Waals surface area contributed by atoms with Gasteiger partial charge in [0.2, 0.25) is 5.78 Å². The Labute approximate surface area is 179 Å². The van der Waals surface area contributed by atoms with E-state index in [9.17, 15) is 17.6 Å². The van der Waals surface area contributed by atoms with Crippen LogP contribution in [-0.4, -0.2) is 14.2 Å². The van der Waals surface area contributed by atoms with E-state index in [2.05, 4.69) is 13.8 Å². The molecular weight excluding hydrogens is 419 g/mol. The summed E-state index contributed by atoms with van der Waals surface area (Å²) in [6.07, 6.45) is 1.64. The lowest BCUT2D eigenvalue weighted by atomic mass is 10.0. The molecule has 0 radical (unpaired) electrons. The third-order valence-electron chi connectivity index (χ3n) is 4.85. The molecule has 4 rings (SSSR count). The van der Waals surface area contributed by atoms with Gasteiger partial charge in [-0.3, -0.25) is 4.79 Å². The standard InChI is InChI=1S/C24H19FO5S/c1-15(2)17-5-3-16(4-6-17)13-23-24(26)21-12-9-19(14-22(21)29-23)30-31(27,28)20-10-7-18(25)8-11-20/h3-15H,1-2H3/b23-13-. The molecule has 5 nitrogen and oxygen atoms in total. The molecule has 0 bridgehead atoms. The Hall–Kier alpha value is -3.45. The molecule has 0 fully saturated rings. The van der Waals surface area contributed by atoms with Crippen molar-refractivity contribution in [3.05, 3.63) is 95.0 Å². The van der Waals surface area contributed by atoms with Crippen molar-refractivity contribution in [3.8, 4) is 11.5 Å². The fourth-order valence-electron chi connectivity index (χ4n) is 3.12. The molecule has 0 saturated carbocycles. The Morgan fingerprint density at radius 2 is 1.65 bits per heavy atom. The van der Waals surface area contributed by atoms with Crippen LogP contribution in [0.1, 0.15) is 41.3 Å². The van der Waals surface area contributed by atoms with E-state index in [-0.39, 0.29) is 27.9 Å². The van der Waals surface area contributed by atoms with Crippen molar-refractivity contribution in [2.75, 3.05) is 0 Å². The lowest BCUT2D eigenvalue weighted by molar-refractivity contribution is 0.101. The first-order chi connectivity index (χ1) is 14.7. The number of halogens is 1. The molecule has 0 N–H and O–H groups in total. The number of Topliss-reactive ketones (excluding diaryl/α,β-unsaturated/α-hetero) is 1. The Bertz CT molecular complexity index is 1270. The summed E-state index contributed by atoms with van der Waals surface area (Å²) in [4.78, 5) is 12.5. The molecule has 0 spiro atoms. The number of ketones is 1. The summed E-state index contributed by atoms with van der Waals surface area (Å²) in [5, 5.41) is 0. The number of hydrogen-bond acceptors (Lipinski definition) is 5. The molecule has 7 heteroatoms. The molecular formula is C24H19FO5S. The van der Waals surface area contributed by atoms with Crippen LogP contribution in [0.5, 0.6) is 11.5 Å². The zero-order valence-electron chi connectivity index (χ0n) is 16.8. The molecule has 0 saturated heterocycles. The number of carbonyl (C=O) groups excluding carboxylic acids is 1. The minimum atomic E-state index is -4.16. The van der Waals surface area contributed by atoms with Gasteiger partial charge in [0.05, 0.1) is 5.56 Å². The van der Waals surface area contributed by atoms with E-state index in [1.54, 1.807) is 6.08 Å². The molecule has 31 heavy (non-hydrogen) atoms. The summed E-state index contributed by atoms with van der Waals surface area (Å²) in [5.41, 5.74) is 2.32. The van der Waals surface area contributed by atoms with Gasteiger partial charge in [0.25, 0.3) is 0 Å². The van der Waals surface area contributed by atoms with Crippen LogP contribution < -0.4 is 8.92 Å². The number of fused-ring (bicyclic) bond motifs is 1. The molecule has 0 atom stereocenters. The van der Waals surface area contributed by atoms with Gasteiger partial charge in [-0.1, -0.05) is 38.1 Å². The second kappa shape index (κ2) is 8.00. The third kappa shape index (κ3) is 4.36. The number of ether oxygens (including phenoxy) is 1. The van der Waals surface area contributed by atoms with Gasteiger partial charge in [0.15, 0.2) is 5.76 Å². The zero-order valence-corrected chi connectivity index (χ0v) is 17.6. The molecule has 0 aromatic heterocycles. The molecule has 0 unspecified atom stereocenters. The van der Waals surface area contributed by atoms with Crippen molar-refractivity contribution in [2.24, 2.45) is 0 Å². The highest BCUT2D eigenvalue weighted by atomic mass is 32.2. The summed E-state index contributed by atoms with van der Waals surface area (Å²) in [6, 6.07) is 16.3. The molecule has 1 aliphatic heterocycles. The van der Waals surface area contributed by atoms with Crippen LogP contribution in [0.4, 0.5) is 4.39 Å². The highest BCUT2D eigenvalue weighted by molar-refractivity contribution is 7.87. The SMILES string of the molecule is CC(C)c1ccc(/C=C2\Oc3cc(OS(=O)(=O)c4ccc(F)cc4)ccc3C2=O)cc1. The van der Waals surface area contributed by atoms with E-state index in [0.717, 1.165) is 29.8 Å². The Kier molecular flexibility index (Phi) is 5.37. The first-order valence-electron chi connectivity index (χ1n) is 9.61. The van der Waals surface area contributed by atoms with Crippen molar-refractivity contribution in [2.45, 2.75) is 24.7 Å². The first kappa shape index (κ1) is 20.8. The van der Waals surface area contributed by atoms with Crippen LogP contribution in [-0.2, 0) is 10.1 Å². The predicted molar refractivity (Wildman–Crippen MR) is 114 cm³/mol. The van der Waals surface area contributed by atoms with Crippen molar-refractivity contribution in [1.29, 1.82) is 0 Å². The Morgan fingerprint density at radius 1 is 0.968 bits per heavy atom. The van der Waals surface area contributed by atoms with Crippen molar-refractivity contribution < 1.29 is 26.5 Å². The summed E-state index contributed by atoms with van der Waals surface area (Å²) in [7, 11) is -4.16. The van der Waals surface area contributed by atoms with Gasteiger partial charge < -0.3 is 8.92 Å². The molecule has 158 valence electrons. The van der Waals surface area contributed by atoms with Crippen LogP contribution >= 0.6 is 0 Å². The Balaban J connectivity index is 1.56. The quantitative estimate of drug-likeness (QED) is 0.398. The highest BCUT2D eigenvalue weighted by Gasteiger charge is 2.28. The van der Waals surface area contributed by atoms with Crippen molar-refractivity contribution in [1.82, 2.24) is 0 Å². The third-order valence-corrected chi connectivity index (χ3v) is 6.11. The van der Waals surface area contributed by atoms with Gasteiger partial charge in [0.1, 0.15) is 22.2 Å². The lowest BCUT2D eigenvalue weighted by Gasteiger charge is -2.08. The summed E-state index contributed by atoms with van der Waals surface area (Å²) >= 11 is 0. The summed E-state index contributed by atoms with van der Waals surface area (Å²) in [6.45, 7) is 4.20. The van der Waals surface area contributed by atoms with Crippen molar-refractivity contribution in [3.63, 3.8) is 0 Å². The highest BCUT2D eigenvalue weighted by Crippen LogP contribution is 2.35. The number of allylic oxidation sites excluding steroid dienone is 1. The molecule has 1 aliphatic rings. The van der Waals surface area contributed by atoms with Crippen molar-refractivity contribution >= 4 is 22.0 Å². The smallest absolute Gasteiger partial charge is 0.339 e. The van der Waals surface area contributed by atoms with Gasteiger partial charge in [-0.15, -0.1) is 0 Å². The number of rotatable bonds is 5. The van der Waals surface area contributed by atoms with Gasteiger partial charge >= 0.3 is 10.1 Å². The maximum atomic E-state index is 13.0. The maximum Gasteiger partial charge on any atom is 0.339 e. The lowest BCUT2D eigenvalue weighted by Crippen LogP contribution is -2.09. The molecule has 3 aromatic rings. The van der Waals surface area contributed by atoms with Crippen LogP contribution in [0.3, 0.4) is 0 Å². The largest absolute Gasteiger partial charge is 0.452 e.